The summed E-state index contributed by atoms with van der Waals surface area (Å²) in [6, 6.07) is 4.47. The van der Waals surface area contributed by atoms with Crippen molar-refractivity contribution in [2.24, 2.45) is 0 Å². The topological polar surface area (TPSA) is 56.7 Å². The van der Waals surface area contributed by atoms with Crippen LogP contribution in [0, 0.1) is 20.8 Å². The highest BCUT2D eigenvalue weighted by atomic mass is 15.3. The number of nitrogen functional groups attached to an aromatic ring is 1. The highest BCUT2D eigenvalue weighted by Gasteiger charge is 2.16. The van der Waals surface area contributed by atoms with E-state index in [9.17, 15) is 0 Å². The van der Waals surface area contributed by atoms with Crippen LogP contribution in [0.1, 0.15) is 36.8 Å². The highest BCUT2D eigenvalue weighted by Crippen LogP contribution is 2.30. The molecule has 0 fully saturated rings. The van der Waals surface area contributed by atoms with Gasteiger partial charge in [-0.2, -0.15) is 0 Å². The number of benzene rings is 1. The van der Waals surface area contributed by atoms with Crippen LogP contribution < -0.4 is 5.73 Å². The molecule has 0 saturated carbocycles. The second-order valence-electron chi connectivity index (χ2n) is 5.08. The molecule has 0 bridgehead atoms. The first-order valence-electron chi connectivity index (χ1n) is 6.20. The molecule has 2 N–H and O–H groups in total. The molecule has 4 nitrogen and oxygen atoms in total. The number of aryl methyl sites for hydroxylation is 3. The Bertz CT molecular complexity index is 582. The van der Waals surface area contributed by atoms with E-state index in [1.54, 1.807) is 0 Å². The van der Waals surface area contributed by atoms with Crippen LogP contribution in [-0.4, -0.2) is 14.8 Å². The Morgan fingerprint density at radius 3 is 2.39 bits per heavy atom. The summed E-state index contributed by atoms with van der Waals surface area (Å²) in [6.07, 6.45) is 0. The van der Waals surface area contributed by atoms with Crippen molar-refractivity contribution in [1.29, 1.82) is 0 Å². The zero-order valence-corrected chi connectivity index (χ0v) is 11.7. The minimum absolute atomic E-state index is 0.315. The van der Waals surface area contributed by atoms with Gasteiger partial charge < -0.3 is 10.3 Å². The van der Waals surface area contributed by atoms with Gasteiger partial charge in [-0.3, -0.25) is 0 Å². The van der Waals surface area contributed by atoms with Crippen molar-refractivity contribution in [2.45, 2.75) is 40.7 Å². The van der Waals surface area contributed by atoms with Crippen molar-refractivity contribution in [2.75, 3.05) is 5.73 Å². The maximum atomic E-state index is 6.18. The molecule has 2 aromatic rings. The summed E-state index contributed by atoms with van der Waals surface area (Å²) in [5.74, 6) is 1.77. The monoisotopic (exact) mass is 244 g/mol. The van der Waals surface area contributed by atoms with Crippen LogP contribution in [0.3, 0.4) is 0 Å². The molecule has 0 saturated heterocycles. The predicted molar refractivity (Wildman–Crippen MR) is 74.5 cm³/mol. The van der Waals surface area contributed by atoms with Crippen LogP contribution in [-0.2, 0) is 0 Å². The summed E-state index contributed by atoms with van der Waals surface area (Å²) < 4.78 is 2.12. The number of aromatic nitrogens is 3. The van der Waals surface area contributed by atoms with Crippen molar-refractivity contribution in [3.63, 3.8) is 0 Å². The van der Waals surface area contributed by atoms with E-state index in [1.165, 1.54) is 5.56 Å². The van der Waals surface area contributed by atoms with E-state index in [2.05, 4.69) is 47.7 Å². The molecule has 0 radical (unpaired) electrons. The molecule has 18 heavy (non-hydrogen) atoms. The molecular formula is C14H20N4. The Morgan fingerprint density at radius 2 is 1.78 bits per heavy atom. The molecule has 4 heteroatoms. The molecular weight excluding hydrogens is 224 g/mol. The fourth-order valence-electron chi connectivity index (χ4n) is 2.33. The van der Waals surface area contributed by atoms with Crippen molar-refractivity contribution in [3.8, 4) is 11.4 Å². The summed E-state index contributed by atoms with van der Waals surface area (Å²) in [4.78, 5) is 0. The lowest BCUT2D eigenvalue weighted by atomic mass is 10.0. The van der Waals surface area contributed by atoms with Crippen molar-refractivity contribution in [1.82, 2.24) is 14.8 Å². The normalized spacial score (nSPS) is 11.2. The van der Waals surface area contributed by atoms with Crippen LogP contribution in [0.15, 0.2) is 12.1 Å². The smallest absolute Gasteiger partial charge is 0.166 e. The van der Waals surface area contributed by atoms with E-state index in [4.69, 9.17) is 5.73 Å². The van der Waals surface area contributed by atoms with Gasteiger partial charge in [-0.1, -0.05) is 6.07 Å². The summed E-state index contributed by atoms with van der Waals surface area (Å²) in [5, 5.41) is 8.46. The van der Waals surface area contributed by atoms with E-state index >= 15 is 0 Å². The van der Waals surface area contributed by atoms with Gasteiger partial charge in [0.25, 0.3) is 0 Å². The fourth-order valence-corrected chi connectivity index (χ4v) is 2.33. The highest BCUT2D eigenvalue weighted by molar-refractivity contribution is 5.75. The van der Waals surface area contributed by atoms with Crippen molar-refractivity contribution >= 4 is 5.69 Å². The average molecular weight is 244 g/mol. The second kappa shape index (κ2) is 4.44. The second-order valence-corrected chi connectivity index (χ2v) is 5.08. The summed E-state index contributed by atoms with van der Waals surface area (Å²) in [7, 11) is 0. The minimum atomic E-state index is 0.315. The molecule has 0 spiro atoms. The Hall–Kier alpha value is -1.84. The van der Waals surface area contributed by atoms with Crippen LogP contribution in [0.4, 0.5) is 5.69 Å². The van der Waals surface area contributed by atoms with E-state index in [0.717, 1.165) is 28.5 Å². The first-order valence-corrected chi connectivity index (χ1v) is 6.20. The molecule has 1 aromatic carbocycles. The molecule has 0 atom stereocenters. The van der Waals surface area contributed by atoms with Crippen molar-refractivity contribution in [3.05, 3.63) is 29.1 Å². The molecule has 2 rings (SSSR count). The number of rotatable bonds is 2. The maximum Gasteiger partial charge on any atom is 0.166 e. The summed E-state index contributed by atoms with van der Waals surface area (Å²) >= 11 is 0. The zero-order chi connectivity index (χ0) is 13.4. The van der Waals surface area contributed by atoms with E-state index in [-0.39, 0.29) is 0 Å². The largest absolute Gasteiger partial charge is 0.398 e. The predicted octanol–water partition coefficient (Wildman–Crippen LogP) is 3.03. The Kier molecular flexibility index (Phi) is 3.11. The third kappa shape index (κ3) is 1.98. The van der Waals surface area contributed by atoms with Crippen LogP contribution in [0.5, 0.6) is 0 Å². The summed E-state index contributed by atoms with van der Waals surface area (Å²) in [5.41, 5.74) is 10.2. The molecule has 0 amide bonds. The first kappa shape index (κ1) is 12.6. The fraction of sp³-hybridized carbons (Fsp3) is 0.429. The molecule has 0 aliphatic carbocycles. The quantitative estimate of drug-likeness (QED) is 0.826. The third-order valence-corrected chi connectivity index (χ3v) is 3.15. The van der Waals surface area contributed by atoms with Gasteiger partial charge in [0, 0.05) is 17.3 Å². The van der Waals surface area contributed by atoms with Gasteiger partial charge in [0.1, 0.15) is 5.82 Å². The number of nitrogens with zero attached hydrogens (tertiary/aromatic N) is 3. The SMILES string of the molecule is Cc1cc(C)c(N)c(-c2nnc(C)n2C(C)C)c1. The van der Waals surface area contributed by atoms with Gasteiger partial charge in [0.05, 0.1) is 0 Å². The maximum absolute atomic E-state index is 6.18. The lowest BCUT2D eigenvalue weighted by Gasteiger charge is -2.15. The molecule has 96 valence electrons. The van der Waals surface area contributed by atoms with Gasteiger partial charge in [0.2, 0.25) is 0 Å². The third-order valence-electron chi connectivity index (χ3n) is 3.15. The number of anilines is 1. The average Bonchev–Trinajstić information content (AvgIpc) is 2.65. The minimum Gasteiger partial charge on any atom is -0.398 e. The lowest BCUT2D eigenvalue weighted by Crippen LogP contribution is -2.07. The van der Waals surface area contributed by atoms with Gasteiger partial charge in [-0.25, -0.2) is 0 Å². The number of hydrogen-bond acceptors (Lipinski definition) is 3. The Morgan fingerprint density at radius 1 is 1.11 bits per heavy atom. The molecule has 1 aromatic heterocycles. The van der Waals surface area contributed by atoms with Gasteiger partial charge >= 0.3 is 0 Å². The van der Waals surface area contributed by atoms with E-state index < -0.39 is 0 Å². The van der Waals surface area contributed by atoms with Crippen LogP contribution in [0.2, 0.25) is 0 Å². The molecule has 0 aliphatic heterocycles. The molecule has 1 heterocycles. The van der Waals surface area contributed by atoms with E-state index in [1.807, 2.05) is 13.8 Å². The number of nitrogens with two attached hydrogens (primary N) is 1. The molecule has 0 aliphatic rings. The molecule has 0 unspecified atom stereocenters. The van der Waals surface area contributed by atoms with Gasteiger partial charge in [-0.05, 0) is 51.8 Å². The van der Waals surface area contributed by atoms with Crippen LogP contribution in [0.25, 0.3) is 11.4 Å². The Balaban J connectivity index is 2.70. The lowest BCUT2D eigenvalue weighted by molar-refractivity contribution is 0.588. The number of hydrogen-bond donors (Lipinski definition) is 1. The Labute approximate surface area is 108 Å². The van der Waals surface area contributed by atoms with Crippen LogP contribution >= 0.6 is 0 Å². The summed E-state index contributed by atoms with van der Waals surface area (Å²) in [6.45, 7) is 10.3. The first-order chi connectivity index (χ1) is 8.41. The van der Waals surface area contributed by atoms with Gasteiger partial charge in [0.15, 0.2) is 5.82 Å². The zero-order valence-electron chi connectivity index (χ0n) is 11.7. The van der Waals surface area contributed by atoms with E-state index in [0.29, 0.717) is 6.04 Å². The van der Waals surface area contributed by atoms with Gasteiger partial charge in [-0.15, -0.1) is 10.2 Å². The van der Waals surface area contributed by atoms with Crippen molar-refractivity contribution < 1.29 is 0 Å². The standard InChI is InChI=1S/C14H20N4/c1-8(2)18-11(5)16-17-14(18)12-7-9(3)6-10(4)13(12)15/h6-8H,15H2,1-5H3.